The molecule has 4 heteroatoms. The molecule has 0 radical (unpaired) electrons. The number of nitrogens with zero attached hydrogens (tertiary/aromatic N) is 3. The Kier molecular flexibility index (Phi) is 2.74. The van der Waals surface area contributed by atoms with E-state index >= 15 is 0 Å². The Morgan fingerprint density at radius 1 is 1.00 bits per heavy atom. The zero-order valence-corrected chi connectivity index (χ0v) is 11.8. The Bertz CT molecular complexity index is 769. The van der Waals surface area contributed by atoms with E-state index in [-0.39, 0.29) is 5.41 Å². The molecule has 0 aliphatic heterocycles. The van der Waals surface area contributed by atoms with Gasteiger partial charge in [-0.1, -0.05) is 57.2 Å². The van der Waals surface area contributed by atoms with Gasteiger partial charge in [0.25, 0.3) is 0 Å². The number of benzene rings is 2. The summed E-state index contributed by atoms with van der Waals surface area (Å²) in [4.78, 5) is 0.627. The smallest absolute Gasteiger partial charge is 0.124 e. The van der Waals surface area contributed by atoms with Crippen molar-refractivity contribution in [2.75, 3.05) is 0 Å². The fourth-order valence-corrected chi connectivity index (χ4v) is 2.31. The number of hydrogen-bond acceptors (Lipinski definition) is 3. The Morgan fingerprint density at radius 2 is 1.75 bits per heavy atom. The summed E-state index contributed by atoms with van der Waals surface area (Å²) in [5, 5.41) is 17.4. The quantitative estimate of drug-likeness (QED) is 0.685. The number of hydrogen-bond donors (Lipinski definition) is 1. The molecular weight excluding hydrogens is 250 g/mol. The first kappa shape index (κ1) is 12.7. The molecule has 0 aliphatic carbocycles. The van der Waals surface area contributed by atoms with E-state index in [1.807, 2.05) is 18.2 Å². The fourth-order valence-electron chi connectivity index (χ4n) is 2.31. The van der Waals surface area contributed by atoms with Crippen LogP contribution in [0.4, 0.5) is 0 Å². The lowest BCUT2D eigenvalue weighted by Crippen LogP contribution is -2.10. The third kappa shape index (κ3) is 2.13. The van der Waals surface area contributed by atoms with Gasteiger partial charge in [0.05, 0.1) is 0 Å². The molecule has 0 fully saturated rings. The average Bonchev–Trinajstić information content (AvgIpc) is 2.77. The first-order valence-electron chi connectivity index (χ1n) is 6.61. The second kappa shape index (κ2) is 4.34. The molecule has 1 heterocycles. The minimum Gasteiger partial charge on any atom is -0.396 e. The molecule has 0 aliphatic rings. The minimum atomic E-state index is 0.0957. The Balaban J connectivity index is 2.21. The van der Waals surface area contributed by atoms with Gasteiger partial charge in [0.1, 0.15) is 11.0 Å². The highest BCUT2D eigenvalue weighted by Crippen LogP contribution is 2.30. The number of rotatable bonds is 1. The fraction of sp³-hybridized carbons (Fsp3) is 0.250. The van der Waals surface area contributed by atoms with Crippen molar-refractivity contribution in [3.05, 3.63) is 48.0 Å². The summed E-state index contributed by atoms with van der Waals surface area (Å²) in [7, 11) is 0. The van der Waals surface area contributed by atoms with Gasteiger partial charge < -0.3 is 5.21 Å². The molecule has 0 atom stereocenters. The summed E-state index contributed by atoms with van der Waals surface area (Å²) in [5.41, 5.74) is 4.83. The molecule has 1 aromatic heterocycles. The topological polar surface area (TPSA) is 50.9 Å². The lowest BCUT2D eigenvalue weighted by Gasteiger charge is -2.19. The van der Waals surface area contributed by atoms with Crippen molar-refractivity contribution < 1.29 is 5.21 Å². The standard InChI is InChI=1S/C16H17N3O/c1-16(2,3)12-7-4-6-11(10-12)13-8-5-9-14-15(13)18-19(20)17-14/h4-10,20H,1-3H3. The van der Waals surface area contributed by atoms with E-state index in [9.17, 15) is 5.21 Å². The maximum Gasteiger partial charge on any atom is 0.124 e. The van der Waals surface area contributed by atoms with E-state index in [2.05, 4.69) is 55.2 Å². The summed E-state index contributed by atoms with van der Waals surface area (Å²) < 4.78 is 0. The molecular formula is C16H17N3O. The van der Waals surface area contributed by atoms with Crippen LogP contribution in [0.1, 0.15) is 26.3 Å². The van der Waals surface area contributed by atoms with Crippen LogP contribution in [0.25, 0.3) is 22.2 Å². The minimum absolute atomic E-state index is 0.0957. The third-order valence-electron chi connectivity index (χ3n) is 3.44. The normalized spacial score (nSPS) is 11.9. The van der Waals surface area contributed by atoms with Crippen molar-refractivity contribution in [1.82, 2.24) is 15.2 Å². The molecule has 0 unspecified atom stereocenters. The maximum absolute atomic E-state index is 9.41. The predicted molar refractivity (Wildman–Crippen MR) is 78.8 cm³/mol. The van der Waals surface area contributed by atoms with E-state index in [1.54, 1.807) is 0 Å². The largest absolute Gasteiger partial charge is 0.396 e. The van der Waals surface area contributed by atoms with Crippen LogP contribution in [0.15, 0.2) is 42.5 Å². The Morgan fingerprint density at radius 3 is 2.50 bits per heavy atom. The van der Waals surface area contributed by atoms with Crippen LogP contribution in [0.3, 0.4) is 0 Å². The van der Waals surface area contributed by atoms with Crippen LogP contribution >= 0.6 is 0 Å². The molecule has 0 saturated heterocycles. The second-order valence-corrected chi connectivity index (χ2v) is 5.97. The van der Waals surface area contributed by atoms with Crippen molar-refractivity contribution >= 4 is 11.0 Å². The second-order valence-electron chi connectivity index (χ2n) is 5.97. The van der Waals surface area contributed by atoms with E-state index < -0.39 is 0 Å². The first-order valence-corrected chi connectivity index (χ1v) is 6.61. The highest BCUT2D eigenvalue weighted by atomic mass is 16.5. The molecule has 102 valence electrons. The molecule has 0 spiro atoms. The van der Waals surface area contributed by atoms with Crippen LogP contribution in [0.5, 0.6) is 0 Å². The Hall–Kier alpha value is -2.36. The van der Waals surface area contributed by atoms with Crippen molar-refractivity contribution in [3.63, 3.8) is 0 Å². The van der Waals surface area contributed by atoms with Crippen LogP contribution in [-0.4, -0.2) is 20.4 Å². The molecule has 0 amide bonds. The van der Waals surface area contributed by atoms with Gasteiger partial charge in [-0.25, -0.2) is 0 Å². The lowest BCUT2D eigenvalue weighted by molar-refractivity contribution is 0.113. The molecule has 2 aromatic carbocycles. The molecule has 20 heavy (non-hydrogen) atoms. The van der Waals surface area contributed by atoms with Gasteiger partial charge >= 0.3 is 0 Å². The van der Waals surface area contributed by atoms with Gasteiger partial charge in [-0.05, 0) is 27.6 Å². The van der Waals surface area contributed by atoms with Gasteiger partial charge in [0.15, 0.2) is 0 Å². The third-order valence-corrected chi connectivity index (χ3v) is 3.44. The van der Waals surface area contributed by atoms with Crippen molar-refractivity contribution in [2.24, 2.45) is 0 Å². The molecule has 0 saturated carbocycles. The maximum atomic E-state index is 9.41. The van der Waals surface area contributed by atoms with Crippen molar-refractivity contribution in [2.45, 2.75) is 26.2 Å². The van der Waals surface area contributed by atoms with Gasteiger partial charge in [0.2, 0.25) is 0 Å². The van der Waals surface area contributed by atoms with Crippen LogP contribution in [-0.2, 0) is 5.41 Å². The number of aromatic nitrogens is 3. The van der Waals surface area contributed by atoms with Gasteiger partial charge in [0, 0.05) is 5.56 Å². The summed E-state index contributed by atoms with van der Waals surface area (Å²) in [6.07, 6.45) is 0. The van der Waals surface area contributed by atoms with Crippen LogP contribution < -0.4 is 0 Å². The molecule has 1 N–H and O–H groups in total. The predicted octanol–water partition coefficient (Wildman–Crippen LogP) is 3.63. The number of fused-ring (bicyclic) bond motifs is 1. The Labute approximate surface area is 117 Å². The van der Waals surface area contributed by atoms with Gasteiger partial charge in [-0.15, -0.1) is 10.2 Å². The molecule has 3 rings (SSSR count). The van der Waals surface area contributed by atoms with Crippen LogP contribution in [0, 0.1) is 0 Å². The van der Waals surface area contributed by atoms with Gasteiger partial charge in [-0.3, -0.25) is 0 Å². The summed E-state index contributed by atoms with van der Waals surface area (Å²) in [6, 6.07) is 14.2. The summed E-state index contributed by atoms with van der Waals surface area (Å²) >= 11 is 0. The summed E-state index contributed by atoms with van der Waals surface area (Å²) in [5.74, 6) is 0. The van der Waals surface area contributed by atoms with Crippen LogP contribution in [0.2, 0.25) is 0 Å². The van der Waals surface area contributed by atoms with E-state index in [4.69, 9.17) is 0 Å². The van der Waals surface area contributed by atoms with E-state index in [1.165, 1.54) is 5.56 Å². The molecule has 4 nitrogen and oxygen atoms in total. The average molecular weight is 267 g/mol. The SMILES string of the molecule is CC(C)(C)c1cccc(-c2cccc3nn(O)nc23)c1. The first-order chi connectivity index (χ1) is 9.45. The highest BCUT2D eigenvalue weighted by Gasteiger charge is 2.15. The van der Waals surface area contributed by atoms with E-state index in [0.717, 1.165) is 11.1 Å². The molecule has 3 aromatic rings. The molecule has 0 bridgehead atoms. The lowest BCUT2D eigenvalue weighted by atomic mass is 9.85. The zero-order chi connectivity index (χ0) is 14.3. The van der Waals surface area contributed by atoms with E-state index in [0.29, 0.717) is 16.0 Å². The summed E-state index contributed by atoms with van der Waals surface area (Å²) in [6.45, 7) is 6.57. The highest BCUT2D eigenvalue weighted by molar-refractivity contribution is 5.91. The van der Waals surface area contributed by atoms with Gasteiger partial charge in [-0.2, -0.15) is 0 Å². The van der Waals surface area contributed by atoms with Crippen molar-refractivity contribution in [3.8, 4) is 11.1 Å². The zero-order valence-electron chi connectivity index (χ0n) is 11.8. The monoisotopic (exact) mass is 267 g/mol. The van der Waals surface area contributed by atoms with Crippen molar-refractivity contribution in [1.29, 1.82) is 0 Å².